The number of amides is 1. The molecule has 0 heterocycles. The lowest BCUT2D eigenvalue weighted by molar-refractivity contribution is 0.114. The summed E-state index contributed by atoms with van der Waals surface area (Å²) in [6.07, 6.45) is -0.342. The minimum absolute atomic E-state index is 0.0180. The summed E-state index contributed by atoms with van der Waals surface area (Å²) in [7, 11) is 1.66. The summed E-state index contributed by atoms with van der Waals surface area (Å²) in [4.78, 5) is 13.0. The van der Waals surface area contributed by atoms with Crippen LogP contribution in [0.2, 0.25) is 0 Å². The van der Waals surface area contributed by atoms with Crippen molar-refractivity contribution in [2.24, 2.45) is 11.7 Å². The zero-order valence-corrected chi connectivity index (χ0v) is 9.06. The number of thiocarbonyl (C=S) groups is 1. The number of carbonyl (C=O) groups is 1. The van der Waals surface area contributed by atoms with Crippen molar-refractivity contribution in [2.75, 3.05) is 20.2 Å². The second kappa shape index (κ2) is 5.75. The van der Waals surface area contributed by atoms with Crippen LogP contribution in [0.5, 0.6) is 0 Å². The van der Waals surface area contributed by atoms with Crippen LogP contribution in [0.1, 0.15) is 13.8 Å². The van der Waals surface area contributed by atoms with E-state index in [-0.39, 0.29) is 12.0 Å². The molecule has 0 aromatic rings. The van der Waals surface area contributed by atoms with Crippen molar-refractivity contribution in [3.05, 3.63) is 0 Å². The molecule has 0 aromatic carbocycles. The van der Waals surface area contributed by atoms with Gasteiger partial charge in [0.25, 0.3) is 0 Å². The predicted octanol–water partition coefficient (Wildman–Crippen LogP) is 0.997. The first kappa shape index (κ1) is 12.2. The lowest BCUT2D eigenvalue weighted by Gasteiger charge is -2.19. The fourth-order valence-corrected chi connectivity index (χ4v) is 0.884. The minimum atomic E-state index is -0.342. The van der Waals surface area contributed by atoms with Crippen LogP contribution in [-0.4, -0.2) is 36.2 Å². The molecular weight excluding hydrogens is 188 g/mol. The van der Waals surface area contributed by atoms with Gasteiger partial charge in [-0.25, -0.2) is 4.79 Å². The van der Waals surface area contributed by atoms with Gasteiger partial charge in [-0.2, -0.15) is 0 Å². The molecule has 0 radical (unpaired) electrons. The summed E-state index contributed by atoms with van der Waals surface area (Å²) < 4.78 is 4.79. The molecule has 0 bridgehead atoms. The number of hydrogen-bond donors (Lipinski definition) is 1. The Hall–Kier alpha value is -0.840. The number of ether oxygens (including phenoxy) is 1. The van der Waals surface area contributed by atoms with Crippen molar-refractivity contribution in [3.8, 4) is 0 Å². The van der Waals surface area contributed by atoms with Crippen LogP contribution >= 0.6 is 12.2 Å². The van der Waals surface area contributed by atoms with Crippen LogP contribution in [0, 0.1) is 5.92 Å². The Morgan fingerprint density at radius 3 is 2.62 bits per heavy atom. The van der Waals surface area contributed by atoms with Crippen molar-refractivity contribution in [3.63, 3.8) is 0 Å². The second-order valence-corrected chi connectivity index (χ2v) is 3.35. The number of rotatable bonds is 4. The molecule has 4 nitrogen and oxygen atoms in total. The van der Waals surface area contributed by atoms with Gasteiger partial charge in [0.1, 0.15) is 0 Å². The van der Waals surface area contributed by atoms with Crippen LogP contribution in [-0.2, 0) is 4.74 Å². The van der Waals surface area contributed by atoms with Crippen LogP contribution in [0.4, 0.5) is 4.79 Å². The highest BCUT2D eigenvalue weighted by Crippen LogP contribution is 2.00. The Labute approximate surface area is 84.0 Å². The fraction of sp³-hybridized carbons (Fsp3) is 0.750. The Balaban J connectivity index is 3.92. The molecular formula is C8H16N2O2S. The molecule has 13 heavy (non-hydrogen) atoms. The normalized spacial score (nSPS) is 11.9. The summed E-state index contributed by atoms with van der Waals surface area (Å²) >= 11 is 4.79. The quantitative estimate of drug-likeness (QED) is 0.694. The molecule has 5 heteroatoms. The molecule has 0 aliphatic heterocycles. The third kappa shape index (κ3) is 4.67. The van der Waals surface area contributed by atoms with Crippen molar-refractivity contribution < 1.29 is 9.53 Å². The third-order valence-electron chi connectivity index (χ3n) is 1.61. The SMILES string of the molecule is CCOC(=O)N(C)CC(C)C(N)=S. The van der Waals surface area contributed by atoms with E-state index in [1.54, 1.807) is 14.0 Å². The molecule has 1 amide bonds. The van der Waals surface area contributed by atoms with Gasteiger partial charge in [0, 0.05) is 19.5 Å². The molecule has 76 valence electrons. The third-order valence-corrected chi connectivity index (χ3v) is 2.02. The molecule has 0 saturated carbocycles. The smallest absolute Gasteiger partial charge is 0.409 e. The van der Waals surface area contributed by atoms with Crippen molar-refractivity contribution >= 4 is 23.3 Å². The Bertz CT molecular complexity index is 197. The summed E-state index contributed by atoms with van der Waals surface area (Å²) in [5, 5.41) is 0. The number of hydrogen-bond acceptors (Lipinski definition) is 3. The van der Waals surface area contributed by atoms with E-state index in [4.69, 9.17) is 22.7 Å². The van der Waals surface area contributed by atoms with Gasteiger partial charge in [0.05, 0.1) is 11.6 Å². The van der Waals surface area contributed by atoms with Crippen LogP contribution in [0.3, 0.4) is 0 Å². The van der Waals surface area contributed by atoms with E-state index in [2.05, 4.69) is 0 Å². The van der Waals surface area contributed by atoms with E-state index in [9.17, 15) is 4.79 Å². The average Bonchev–Trinajstić information content (AvgIpc) is 2.04. The van der Waals surface area contributed by atoms with Gasteiger partial charge in [-0.1, -0.05) is 19.1 Å². The fourth-order valence-electron chi connectivity index (χ4n) is 0.809. The predicted molar refractivity (Wildman–Crippen MR) is 55.6 cm³/mol. The standard InChI is InChI=1S/C8H16N2O2S/c1-4-12-8(11)10(3)5-6(2)7(9)13/h6H,4-5H2,1-3H3,(H2,9,13). The zero-order chi connectivity index (χ0) is 10.4. The average molecular weight is 204 g/mol. The minimum Gasteiger partial charge on any atom is -0.450 e. The van der Waals surface area contributed by atoms with Crippen LogP contribution < -0.4 is 5.73 Å². The number of carbonyl (C=O) groups excluding carboxylic acids is 1. The summed E-state index contributed by atoms with van der Waals surface area (Å²) in [6, 6.07) is 0. The molecule has 1 unspecified atom stereocenters. The van der Waals surface area contributed by atoms with Gasteiger partial charge < -0.3 is 15.4 Å². The number of nitrogens with zero attached hydrogens (tertiary/aromatic N) is 1. The van der Waals surface area contributed by atoms with Crippen molar-refractivity contribution in [1.82, 2.24) is 4.90 Å². The Morgan fingerprint density at radius 1 is 1.69 bits per heavy atom. The van der Waals surface area contributed by atoms with Crippen LogP contribution in [0.15, 0.2) is 0 Å². The lowest BCUT2D eigenvalue weighted by Crippen LogP contribution is -2.35. The molecule has 0 aliphatic rings. The maximum Gasteiger partial charge on any atom is 0.409 e. The molecule has 0 spiro atoms. The first-order chi connectivity index (χ1) is 5.99. The number of nitrogens with two attached hydrogens (primary N) is 1. The molecule has 0 aromatic heterocycles. The molecule has 1 atom stereocenters. The lowest BCUT2D eigenvalue weighted by atomic mass is 10.2. The monoisotopic (exact) mass is 204 g/mol. The van der Waals surface area contributed by atoms with Crippen LogP contribution in [0.25, 0.3) is 0 Å². The molecule has 0 aliphatic carbocycles. The molecule has 0 saturated heterocycles. The maximum atomic E-state index is 11.1. The molecule has 2 N–H and O–H groups in total. The van der Waals surface area contributed by atoms with E-state index in [0.29, 0.717) is 18.1 Å². The highest BCUT2D eigenvalue weighted by Gasteiger charge is 2.14. The van der Waals surface area contributed by atoms with Gasteiger partial charge in [-0.05, 0) is 6.92 Å². The van der Waals surface area contributed by atoms with E-state index >= 15 is 0 Å². The summed E-state index contributed by atoms with van der Waals surface area (Å²) in [5.74, 6) is 0.0180. The summed E-state index contributed by atoms with van der Waals surface area (Å²) in [6.45, 7) is 4.51. The van der Waals surface area contributed by atoms with E-state index in [0.717, 1.165) is 0 Å². The van der Waals surface area contributed by atoms with E-state index < -0.39 is 0 Å². The molecule has 0 rings (SSSR count). The van der Waals surface area contributed by atoms with Gasteiger partial charge in [0.2, 0.25) is 0 Å². The second-order valence-electron chi connectivity index (χ2n) is 2.88. The Morgan fingerprint density at radius 2 is 2.23 bits per heavy atom. The van der Waals surface area contributed by atoms with Gasteiger partial charge in [-0.15, -0.1) is 0 Å². The highest BCUT2D eigenvalue weighted by molar-refractivity contribution is 7.80. The zero-order valence-electron chi connectivity index (χ0n) is 8.24. The van der Waals surface area contributed by atoms with Gasteiger partial charge in [-0.3, -0.25) is 0 Å². The first-order valence-corrected chi connectivity index (χ1v) is 4.57. The van der Waals surface area contributed by atoms with E-state index in [1.807, 2.05) is 6.92 Å². The van der Waals surface area contributed by atoms with Crippen molar-refractivity contribution in [2.45, 2.75) is 13.8 Å². The van der Waals surface area contributed by atoms with Crippen molar-refractivity contribution in [1.29, 1.82) is 0 Å². The maximum absolute atomic E-state index is 11.1. The highest BCUT2D eigenvalue weighted by atomic mass is 32.1. The first-order valence-electron chi connectivity index (χ1n) is 4.16. The molecule has 0 fully saturated rings. The van der Waals surface area contributed by atoms with E-state index in [1.165, 1.54) is 4.90 Å². The topological polar surface area (TPSA) is 55.6 Å². The Kier molecular flexibility index (Phi) is 5.37. The van der Waals surface area contributed by atoms with Gasteiger partial charge >= 0.3 is 6.09 Å². The van der Waals surface area contributed by atoms with Gasteiger partial charge in [0.15, 0.2) is 0 Å². The summed E-state index contributed by atoms with van der Waals surface area (Å²) in [5.41, 5.74) is 5.41. The largest absolute Gasteiger partial charge is 0.450 e.